The molecule has 0 radical (unpaired) electrons. The minimum absolute atomic E-state index is 0. The SMILES string of the molecule is O.O.O.O.O.O=P([O-])([O-])[O-]. The molecule has 10 heteroatoms. The maximum Gasteiger partial charge on any atom is -0.159 e. The molecule has 0 aliphatic rings. The lowest BCUT2D eigenvalue weighted by atomic mass is 15.8. The molecule has 9 nitrogen and oxygen atoms in total. The molecule has 0 aliphatic heterocycles. The number of rotatable bonds is 0. The van der Waals surface area contributed by atoms with Gasteiger partial charge < -0.3 is 46.6 Å². The zero-order chi connectivity index (χ0) is 4.50. The fraction of sp³-hybridized carbons (Fsp3) is 0. The Kier molecular flexibility index (Phi) is 82.1. The van der Waals surface area contributed by atoms with Gasteiger partial charge in [0.15, 0.2) is 0 Å². The Morgan fingerprint density at radius 1 is 0.700 bits per heavy atom. The van der Waals surface area contributed by atoms with Gasteiger partial charge in [-0.2, -0.15) is 7.82 Å². The van der Waals surface area contributed by atoms with E-state index in [1.165, 1.54) is 0 Å². The van der Waals surface area contributed by atoms with E-state index in [4.69, 9.17) is 19.2 Å². The Balaban J connectivity index is -0.00000000800. The van der Waals surface area contributed by atoms with Crippen LogP contribution in [0.5, 0.6) is 0 Å². The summed E-state index contributed by atoms with van der Waals surface area (Å²) in [7, 11) is -5.39. The predicted octanol–water partition coefficient (Wildman–Crippen LogP) is -6.95. The molecule has 72 valence electrons. The molecule has 0 heterocycles. The van der Waals surface area contributed by atoms with E-state index < -0.39 is 7.82 Å². The zero-order valence-electron chi connectivity index (χ0n) is 4.58. The smallest absolute Gasteiger partial charge is 0.159 e. The normalized spacial score (nSPS) is 5.90. The van der Waals surface area contributed by atoms with E-state index in [9.17, 15) is 0 Å². The van der Waals surface area contributed by atoms with Crippen molar-refractivity contribution >= 4 is 7.82 Å². The van der Waals surface area contributed by atoms with Gasteiger partial charge in [-0.25, -0.2) is 0 Å². The molecule has 0 spiro atoms. The average molecular weight is 185 g/mol. The van der Waals surface area contributed by atoms with Gasteiger partial charge in [-0.3, -0.25) is 0 Å². The van der Waals surface area contributed by atoms with E-state index in [1.54, 1.807) is 0 Å². The summed E-state index contributed by atoms with van der Waals surface area (Å²) in [5, 5.41) is 0. The Hall–Kier alpha value is -0.0900. The highest BCUT2D eigenvalue weighted by Gasteiger charge is 1.44. The first-order valence-electron chi connectivity index (χ1n) is 0.730. The third-order valence-corrected chi connectivity index (χ3v) is 0. The molecule has 0 aromatic carbocycles. The Morgan fingerprint density at radius 2 is 0.700 bits per heavy atom. The summed E-state index contributed by atoms with van der Waals surface area (Å²) in [4.78, 5) is 25.6. The summed E-state index contributed by atoms with van der Waals surface area (Å²) in [5.74, 6) is 0. The summed E-state index contributed by atoms with van der Waals surface area (Å²) in [6.07, 6.45) is 0. The molecule has 0 amide bonds. The molecule has 0 aromatic rings. The number of phosphoric acid groups is 1. The van der Waals surface area contributed by atoms with Crippen molar-refractivity contribution in [3.63, 3.8) is 0 Å². The third-order valence-electron chi connectivity index (χ3n) is 0. The van der Waals surface area contributed by atoms with Crippen molar-refractivity contribution in [1.29, 1.82) is 0 Å². The number of hydrogen-bond donors (Lipinski definition) is 0. The van der Waals surface area contributed by atoms with Crippen LogP contribution in [-0.4, -0.2) is 27.4 Å². The van der Waals surface area contributed by atoms with Crippen LogP contribution in [0.1, 0.15) is 0 Å². The van der Waals surface area contributed by atoms with Gasteiger partial charge in [-0.15, -0.1) is 0 Å². The van der Waals surface area contributed by atoms with Crippen LogP contribution in [0.2, 0.25) is 0 Å². The van der Waals surface area contributed by atoms with Gasteiger partial charge in [0.25, 0.3) is 0 Å². The highest BCUT2D eigenvalue weighted by molar-refractivity contribution is 7.40. The second-order valence-corrected chi connectivity index (χ2v) is 1.34. The van der Waals surface area contributed by atoms with Crippen LogP contribution in [-0.2, 0) is 4.57 Å². The lowest BCUT2D eigenvalue weighted by Crippen LogP contribution is -2.24. The van der Waals surface area contributed by atoms with Crippen LogP contribution in [0.3, 0.4) is 0 Å². The Labute approximate surface area is 55.7 Å². The maximum atomic E-state index is 8.55. The van der Waals surface area contributed by atoms with Crippen LogP contribution in [0.15, 0.2) is 0 Å². The van der Waals surface area contributed by atoms with Crippen LogP contribution < -0.4 is 14.7 Å². The molecular weight excluding hydrogens is 175 g/mol. The van der Waals surface area contributed by atoms with Crippen LogP contribution >= 0.6 is 7.82 Å². The first-order chi connectivity index (χ1) is 2.00. The molecule has 0 saturated carbocycles. The fourth-order valence-corrected chi connectivity index (χ4v) is 0. The topological polar surface area (TPSA) is 244 Å². The molecule has 0 rings (SSSR count). The molecule has 0 aliphatic carbocycles. The minimum Gasteiger partial charge on any atom is -0.822 e. The quantitative estimate of drug-likeness (QED) is 0.333. The van der Waals surface area contributed by atoms with Crippen molar-refractivity contribution in [2.45, 2.75) is 0 Å². The van der Waals surface area contributed by atoms with Crippen LogP contribution in [0, 0.1) is 0 Å². The monoisotopic (exact) mass is 185 g/mol. The summed E-state index contributed by atoms with van der Waals surface area (Å²) >= 11 is 0. The van der Waals surface area contributed by atoms with Gasteiger partial charge in [0, 0.05) is 0 Å². The Morgan fingerprint density at radius 3 is 0.700 bits per heavy atom. The number of hydrogen-bond acceptors (Lipinski definition) is 4. The van der Waals surface area contributed by atoms with Gasteiger partial charge >= 0.3 is 0 Å². The van der Waals surface area contributed by atoms with E-state index in [2.05, 4.69) is 0 Å². The maximum absolute atomic E-state index is 8.55. The van der Waals surface area contributed by atoms with E-state index in [1.807, 2.05) is 0 Å². The molecule has 0 saturated heterocycles. The highest BCUT2D eigenvalue weighted by Crippen LogP contribution is 2.03. The first-order valence-corrected chi connectivity index (χ1v) is 2.19. The first kappa shape index (κ1) is 51.5. The summed E-state index contributed by atoms with van der Waals surface area (Å²) < 4.78 is 8.55. The predicted molar refractivity (Wildman–Crippen MR) is 25.7 cm³/mol. The largest absolute Gasteiger partial charge is 0.822 e. The second kappa shape index (κ2) is 16.0. The van der Waals surface area contributed by atoms with Gasteiger partial charge in [0.05, 0.1) is 0 Å². The summed E-state index contributed by atoms with van der Waals surface area (Å²) in [6, 6.07) is 0. The Bertz CT molecular complexity index is 50.9. The van der Waals surface area contributed by atoms with Crippen molar-refractivity contribution in [3.05, 3.63) is 0 Å². The lowest BCUT2D eigenvalue weighted by molar-refractivity contribution is -0.432. The van der Waals surface area contributed by atoms with Crippen LogP contribution in [0.4, 0.5) is 0 Å². The van der Waals surface area contributed by atoms with Gasteiger partial charge in [0.1, 0.15) is 0 Å². The van der Waals surface area contributed by atoms with Crippen molar-refractivity contribution in [3.8, 4) is 0 Å². The molecule has 0 atom stereocenters. The third kappa shape index (κ3) is 46600. The van der Waals surface area contributed by atoms with E-state index >= 15 is 0 Å². The molecular formula is H10O9P-3. The minimum atomic E-state index is -5.39. The molecule has 0 unspecified atom stereocenters. The molecule has 0 aromatic heterocycles. The summed E-state index contributed by atoms with van der Waals surface area (Å²) in [5.41, 5.74) is 0. The standard InChI is InChI=1S/H3O4P.5H2O/c1-5(2,3)4;;;;;/h(H3,1,2,3,4);5*1H2/p-3. The highest BCUT2D eigenvalue weighted by atomic mass is 31.2. The van der Waals surface area contributed by atoms with Gasteiger partial charge in [0.2, 0.25) is 0 Å². The molecule has 10 heavy (non-hydrogen) atoms. The average Bonchev–Trinajstić information content (AvgIpc) is 0.722. The lowest BCUT2D eigenvalue weighted by Gasteiger charge is -2.36. The van der Waals surface area contributed by atoms with Gasteiger partial charge in [-0.05, 0) is 0 Å². The van der Waals surface area contributed by atoms with E-state index in [0.29, 0.717) is 0 Å². The molecule has 10 N–H and O–H groups in total. The van der Waals surface area contributed by atoms with Gasteiger partial charge in [-0.1, -0.05) is 0 Å². The second-order valence-electron chi connectivity index (χ2n) is 0.447. The fourth-order valence-electron chi connectivity index (χ4n) is 0. The molecule has 0 fully saturated rings. The van der Waals surface area contributed by atoms with Crippen molar-refractivity contribution in [2.24, 2.45) is 0 Å². The zero-order valence-corrected chi connectivity index (χ0v) is 5.47. The summed E-state index contributed by atoms with van der Waals surface area (Å²) in [6.45, 7) is 0. The van der Waals surface area contributed by atoms with Crippen LogP contribution in [0.25, 0.3) is 0 Å². The van der Waals surface area contributed by atoms with E-state index in [-0.39, 0.29) is 27.4 Å². The molecule has 0 bridgehead atoms. The van der Waals surface area contributed by atoms with Crippen molar-refractivity contribution in [1.82, 2.24) is 0 Å². The van der Waals surface area contributed by atoms with Crippen molar-refractivity contribution < 1.29 is 46.6 Å². The van der Waals surface area contributed by atoms with Crippen molar-refractivity contribution in [2.75, 3.05) is 0 Å². The van der Waals surface area contributed by atoms with E-state index in [0.717, 1.165) is 0 Å².